The van der Waals surface area contributed by atoms with E-state index in [0.717, 1.165) is 25.9 Å². The van der Waals surface area contributed by atoms with Crippen LogP contribution in [0.25, 0.3) is 0 Å². The maximum absolute atomic E-state index is 13.0. The maximum atomic E-state index is 13.0. The summed E-state index contributed by atoms with van der Waals surface area (Å²) in [5, 5.41) is 8.60. The molecule has 2 aromatic heterocycles. The number of nitrogens with one attached hydrogen (secondary N) is 1. The Morgan fingerprint density at radius 2 is 2.00 bits per heavy atom. The Morgan fingerprint density at radius 1 is 1.36 bits per heavy atom. The third kappa shape index (κ3) is 3.59. The van der Waals surface area contributed by atoms with Crippen molar-refractivity contribution in [2.45, 2.75) is 19.8 Å². The standard InChI is InChI=1S/C18H23Cl2N7O/c1-18(9-21)4-7-27(8-5-18)17-25-15(23)11(16(28)26(17)2)13(22)10-3-6-24-14(20)12(10)19/h3,6,22H,4-5,7-9,21,23H2,1-2H3. The third-order valence-electron chi connectivity index (χ3n) is 5.41. The zero-order valence-electron chi connectivity index (χ0n) is 15.8. The van der Waals surface area contributed by atoms with Gasteiger partial charge in [0.05, 0.1) is 10.7 Å². The molecule has 1 aliphatic heterocycles. The van der Waals surface area contributed by atoms with Gasteiger partial charge in [0.2, 0.25) is 5.95 Å². The second-order valence-electron chi connectivity index (χ2n) is 7.38. The molecule has 0 unspecified atom stereocenters. The van der Waals surface area contributed by atoms with Crippen LogP contribution < -0.4 is 21.9 Å². The Labute approximate surface area is 173 Å². The lowest BCUT2D eigenvalue weighted by Gasteiger charge is -2.39. The Kier molecular flexibility index (Phi) is 5.65. The summed E-state index contributed by atoms with van der Waals surface area (Å²) in [5.74, 6) is 0.469. The SMILES string of the molecule is Cn1c(N2CCC(C)(CN)CC2)nc(N)c(C(=N)c2ccnc(Cl)c2Cl)c1=O. The first kappa shape index (κ1) is 20.6. The quantitative estimate of drug-likeness (QED) is 0.509. The maximum Gasteiger partial charge on any atom is 0.266 e. The molecule has 3 heterocycles. The second kappa shape index (κ2) is 7.69. The van der Waals surface area contributed by atoms with E-state index in [9.17, 15) is 4.79 Å². The van der Waals surface area contributed by atoms with Gasteiger partial charge in [-0.3, -0.25) is 14.8 Å². The number of nitrogens with zero attached hydrogens (tertiary/aromatic N) is 4. The summed E-state index contributed by atoms with van der Waals surface area (Å²) in [4.78, 5) is 23.3. The van der Waals surface area contributed by atoms with Gasteiger partial charge in [0, 0.05) is 31.9 Å². The summed E-state index contributed by atoms with van der Waals surface area (Å²) in [7, 11) is 1.62. The minimum atomic E-state index is -0.413. The summed E-state index contributed by atoms with van der Waals surface area (Å²) in [6.07, 6.45) is 3.23. The summed E-state index contributed by atoms with van der Waals surface area (Å²) < 4.78 is 1.42. The lowest BCUT2D eigenvalue weighted by Crippen LogP contribution is -2.44. The number of pyridine rings is 1. The molecule has 1 aliphatic rings. The van der Waals surface area contributed by atoms with Gasteiger partial charge in [0.1, 0.15) is 16.5 Å². The fraction of sp³-hybridized carbons (Fsp3) is 0.444. The van der Waals surface area contributed by atoms with E-state index < -0.39 is 5.56 Å². The fourth-order valence-electron chi connectivity index (χ4n) is 3.32. The van der Waals surface area contributed by atoms with Crippen LogP contribution in [0.5, 0.6) is 0 Å². The molecule has 0 aliphatic carbocycles. The van der Waals surface area contributed by atoms with Crippen molar-refractivity contribution in [3.8, 4) is 0 Å². The smallest absolute Gasteiger partial charge is 0.266 e. The van der Waals surface area contributed by atoms with Crippen LogP contribution in [0.1, 0.15) is 30.9 Å². The van der Waals surface area contributed by atoms with Crippen molar-refractivity contribution in [3.63, 3.8) is 0 Å². The molecule has 0 spiro atoms. The van der Waals surface area contributed by atoms with Gasteiger partial charge in [-0.05, 0) is 30.9 Å². The zero-order valence-corrected chi connectivity index (χ0v) is 17.3. The Bertz CT molecular complexity index is 981. The van der Waals surface area contributed by atoms with Gasteiger partial charge in [0.15, 0.2) is 0 Å². The van der Waals surface area contributed by atoms with Gasteiger partial charge in [0.25, 0.3) is 5.56 Å². The minimum absolute atomic E-state index is 0.0146. The minimum Gasteiger partial charge on any atom is -0.383 e. The first-order chi connectivity index (χ1) is 13.2. The van der Waals surface area contributed by atoms with Gasteiger partial charge < -0.3 is 16.4 Å². The topological polar surface area (TPSA) is 127 Å². The van der Waals surface area contributed by atoms with E-state index in [1.807, 2.05) is 4.90 Å². The molecular formula is C18H23Cl2N7O. The van der Waals surface area contributed by atoms with E-state index in [1.165, 1.54) is 16.8 Å². The third-order valence-corrected chi connectivity index (χ3v) is 6.17. The first-order valence-corrected chi connectivity index (χ1v) is 9.65. The molecule has 0 atom stereocenters. The van der Waals surface area contributed by atoms with Crippen molar-refractivity contribution in [1.29, 1.82) is 5.41 Å². The van der Waals surface area contributed by atoms with Crippen molar-refractivity contribution in [2.24, 2.45) is 18.2 Å². The van der Waals surface area contributed by atoms with E-state index in [4.69, 9.17) is 40.1 Å². The molecule has 8 nitrogen and oxygen atoms in total. The predicted octanol–water partition coefficient (Wildman–Crippen LogP) is 2.05. The summed E-state index contributed by atoms with van der Waals surface area (Å²) in [5.41, 5.74) is 11.8. The number of anilines is 2. The number of nitrogen functional groups attached to an aromatic ring is 1. The molecule has 5 N–H and O–H groups in total. The van der Waals surface area contributed by atoms with Gasteiger partial charge in [-0.15, -0.1) is 0 Å². The van der Waals surface area contributed by atoms with Crippen LogP contribution in [0, 0.1) is 10.8 Å². The second-order valence-corrected chi connectivity index (χ2v) is 8.11. The number of halogens is 2. The average molecular weight is 424 g/mol. The highest BCUT2D eigenvalue weighted by Gasteiger charge is 2.31. The molecule has 1 fully saturated rings. The highest BCUT2D eigenvalue weighted by atomic mass is 35.5. The summed E-state index contributed by atoms with van der Waals surface area (Å²) in [6, 6.07) is 1.52. The van der Waals surface area contributed by atoms with E-state index in [0.29, 0.717) is 12.5 Å². The van der Waals surface area contributed by atoms with Crippen LogP contribution >= 0.6 is 23.2 Å². The van der Waals surface area contributed by atoms with E-state index >= 15 is 0 Å². The monoisotopic (exact) mass is 423 g/mol. The van der Waals surface area contributed by atoms with E-state index in [-0.39, 0.29) is 38.2 Å². The molecule has 2 aromatic rings. The molecule has 3 rings (SSSR count). The normalized spacial score (nSPS) is 16.2. The van der Waals surface area contributed by atoms with Gasteiger partial charge >= 0.3 is 0 Å². The van der Waals surface area contributed by atoms with Crippen LogP contribution in [-0.4, -0.2) is 39.9 Å². The molecule has 0 aromatic carbocycles. The lowest BCUT2D eigenvalue weighted by molar-refractivity contribution is 0.256. The van der Waals surface area contributed by atoms with Crippen LogP contribution in [0.4, 0.5) is 11.8 Å². The largest absolute Gasteiger partial charge is 0.383 e. The van der Waals surface area contributed by atoms with Crippen molar-refractivity contribution in [2.75, 3.05) is 30.3 Å². The first-order valence-electron chi connectivity index (χ1n) is 8.89. The Morgan fingerprint density at radius 3 is 2.61 bits per heavy atom. The van der Waals surface area contributed by atoms with Crippen molar-refractivity contribution in [1.82, 2.24) is 14.5 Å². The molecule has 1 saturated heterocycles. The van der Waals surface area contributed by atoms with E-state index in [2.05, 4.69) is 16.9 Å². The van der Waals surface area contributed by atoms with Crippen LogP contribution in [0.15, 0.2) is 17.1 Å². The van der Waals surface area contributed by atoms with Crippen molar-refractivity contribution in [3.05, 3.63) is 43.9 Å². The molecular weight excluding hydrogens is 401 g/mol. The molecule has 0 bridgehead atoms. The Balaban J connectivity index is 1.99. The molecule has 150 valence electrons. The molecule has 0 radical (unpaired) electrons. The fourth-order valence-corrected chi connectivity index (χ4v) is 3.69. The van der Waals surface area contributed by atoms with Gasteiger partial charge in [-0.1, -0.05) is 30.1 Å². The Hall–Kier alpha value is -2.16. The van der Waals surface area contributed by atoms with E-state index in [1.54, 1.807) is 7.05 Å². The number of hydrogen-bond donors (Lipinski definition) is 3. The average Bonchev–Trinajstić information content (AvgIpc) is 2.67. The number of aromatic nitrogens is 3. The van der Waals surface area contributed by atoms with Gasteiger partial charge in [-0.25, -0.2) is 4.98 Å². The van der Waals surface area contributed by atoms with Crippen molar-refractivity contribution < 1.29 is 0 Å². The van der Waals surface area contributed by atoms with Gasteiger partial charge in [-0.2, -0.15) is 4.98 Å². The highest BCUT2D eigenvalue weighted by Crippen LogP contribution is 2.31. The molecule has 10 heteroatoms. The van der Waals surface area contributed by atoms with Crippen LogP contribution in [-0.2, 0) is 7.05 Å². The molecule has 28 heavy (non-hydrogen) atoms. The van der Waals surface area contributed by atoms with Crippen molar-refractivity contribution >= 4 is 40.7 Å². The zero-order chi connectivity index (χ0) is 20.6. The number of piperidine rings is 1. The molecule has 0 amide bonds. The number of rotatable bonds is 4. The summed E-state index contributed by atoms with van der Waals surface area (Å²) >= 11 is 12.1. The number of hydrogen-bond acceptors (Lipinski definition) is 7. The molecule has 0 saturated carbocycles. The number of nitrogens with two attached hydrogens (primary N) is 2. The van der Waals surface area contributed by atoms with Crippen LogP contribution in [0.3, 0.4) is 0 Å². The lowest BCUT2D eigenvalue weighted by atomic mass is 9.81. The van der Waals surface area contributed by atoms with Crippen LogP contribution in [0.2, 0.25) is 10.2 Å². The summed E-state index contributed by atoms with van der Waals surface area (Å²) in [6.45, 7) is 4.26. The predicted molar refractivity (Wildman–Crippen MR) is 113 cm³/mol. The highest BCUT2D eigenvalue weighted by molar-refractivity contribution is 6.43.